The molecule has 14 heavy (non-hydrogen) atoms. The Bertz CT molecular complexity index is 339. The average Bonchev–Trinajstić information content (AvgIpc) is 2.43. The minimum atomic E-state index is -1.11. The van der Waals surface area contributed by atoms with Gasteiger partial charge in [-0.2, -0.15) is 5.10 Å². The summed E-state index contributed by atoms with van der Waals surface area (Å²) in [6, 6.07) is -1.04. The Balaban J connectivity index is 3.10. The third kappa shape index (κ3) is 1.73. The van der Waals surface area contributed by atoms with Crippen molar-refractivity contribution in [2.45, 2.75) is 19.9 Å². The van der Waals surface area contributed by atoms with Gasteiger partial charge in [0.2, 0.25) is 6.41 Å². The Morgan fingerprint density at radius 2 is 2.29 bits per heavy atom. The molecule has 0 aromatic carbocycles. The van der Waals surface area contributed by atoms with Crippen LogP contribution < -0.4 is 5.32 Å². The highest BCUT2D eigenvalue weighted by atomic mass is 16.4. The molecule has 6 nitrogen and oxygen atoms in total. The number of aromatic amines is 1. The van der Waals surface area contributed by atoms with Crippen molar-refractivity contribution in [3.8, 4) is 0 Å². The number of H-pyrrole nitrogens is 1. The van der Waals surface area contributed by atoms with Crippen molar-refractivity contribution in [1.29, 1.82) is 0 Å². The first kappa shape index (κ1) is 10.2. The number of hydrogen-bond donors (Lipinski definition) is 3. The van der Waals surface area contributed by atoms with Crippen LogP contribution in [0.15, 0.2) is 0 Å². The number of aromatic nitrogens is 2. The number of nitrogens with zero attached hydrogens (tertiary/aromatic N) is 1. The van der Waals surface area contributed by atoms with Crippen LogP contribution in [0.2, 0.25) is 0 Å². The zero-order chi connectivity index (χ0) is 10.7. The zero-order valence-corrected chi connectivity index (χ0v) is 7.87. The number of hydrogen-bond acceptors (Lipinski definition) is 3. The van der Waals surface area contributed by atoms with E-state index in [1.165, 1.54) is 0 Å². The number of aryl methyl sites for hydroxylation is 2. The van der Waals surface area contributed by atoms with Gasteiger partial charge in [-0.3, -0.25) is 9.89 Å². The van der Waals surface area contributed by atoms with Crippen molar-refractivity contribution in [3.63, 3.8) is 0 Å². The van der Waals surface area contributed by atoms with Gasteiger partial charge in [-0.1, -0.05) is 0 Å². The summed E-state index contributed by atoms with van der Waals surface area (Å²) in [7, 11) is 0. The highest BCUT2D eigenvalue weighted by Crippen LogP contribution is 2.19. The van der Waals surface area contributed by atoms with Crippen LogP contribution in [0.4, 0.5) is 0 Å². The maximum absolute atomic E-state index is 10.8. The van der Waals surface area contributed by atoms with E-state index in [1.54, 1.807) is 13.8 Å². The molecule has 0 aliphatic heterocycles. The zero-order valence-electron chi connectivity index (χ0n) is 7.87. The largest absolute Gasteiger partial charge is 0.479 e. The molecule has 1 atom stereocenters. The Labute approximate surface area is 80.3 Å². The van der Waals surface area contributed by atoms with E-state index in [-0.39, 0.29) is 0 Å². The standard InChI is InChI=1S/C8H11N3O3/c1-4-6(5(2)11-10-4)7(8(13)14)9-3-12/h3,7H,1-2H3,(H,9,12)(H,10,11)(H,13,14). The Hall–Kier alpha value is -1.85. The molecule has 6 heteroatoms. The van der Waals surface area contributed by atoms with Crippen molar-refractivity contribution in [1.82, 2.24) is 15.5 Å². The Morgan fingerprint density at radius 3 is 2.64 bits per heavy atom. The van der Waals surface area contributed by atoms with Crippen molar-refractivity contribution < 1.29 is 14.7 Å². The van der Waals surface area contributed by atoms with Crippen LogP contribution in [0.3, 0.4) is 0 Å². The molecule has 3 N–H and O–H groups in total. The van der Waals surface area contributed by atoms with Crippen molar-refractivity contribution in [2.75, 3.05) is 0 Å². The number of carboxylic acid groups (broad SMARTS) is 1. The van der Waals surface area contributed by atoms with Gasteiger partial charge in [0.15, 0.2) is 6.04 Å². The fourth-order valence-corrected chi connectivity index (χ4v) is 1.33. The van der Waals surface area contributed by atoms with Gasteiger partial charge in [0.1, 0.15) is 0 Å². The molecule has 0 fully saturated rings. The van der Waals surface area contributed by atoms with Gasteiger partial charge < -0.3 is 10.4 Å². The Kier molecular flexibility index (Phi) is 2.85. The first-order valence-electron chi connectivity index (χ1n) is 4.02. The van der Waals surface area contributed by atoms with E-state index in [1.807, 2.05) is 0 Å². The third-order valence-electron chi connectivity index (χ3n) is 1.96. The third-order valence-corrected chi connectivity index (χ3v) is 1.96. The summed E-state index contributed by atoms with van der Waals surface area (Å²) in [5.74, 6) is -1.11. The second-order valence-electron chi connectivity index (χ2n) is 2.90. The summed E-state index contributed by atoms with van der Waals surface area (Å²) < 4.78 is 0. The number of rotatable bonds is 4. The highest BCUT2D eigenvalue weighted by molar-refractivity contribution is 5.78. The van der Waals surface area contributed by atoms with Crippen molar-refractivity contribution in [3.05, 3.63) is 17.0 Å². The monoisotopic (exact) mass is 197 g/mol. The molecule has 1 aromatic rings. The SMILES string of the molecule is Cc1n[nH]c(C)c1C(NC=O)C(=O)O. The molecule has 76 valence electrons. The van der Waals surface area contributed by atoms with Gasteiger partial charge >= 0.3 is 5.97 Å². The fraction of sp³-hybridized carbons (Fsp3) is 0.375. The molecule has 0 saturated heterocycles. The molecular formula is C8H11N3O3. The molecule has 0 radical (unpaired) electrons. The summed E-state index contributed by atoms with van der Waals surface area (Å²) in [5.41, 5.74) is 1.72. The van der Waals surface area contributed by atoms with Crippen LogP contribution in [0.25, 0.3) is 0 Å². The molecule has 1 amide bonds. The van der Waals surface area contributed by atoms with E-state index in [0.29, 0.717) is 23.4 Å². The number of carbonyl (C=O) groups excluding carboxylic acids is 1. The van der Waals surface area contributed by atoms with Crippen LogP contribution in [-0.4, -0.2) is 27.7 Å². The van der Waals surface area contributed by atoms with Gasteiger partial charge in [-0.15, -0.1) is 0 Å². The van der Waals surface area contributed by atoms with Crippen LogP contribution in [-0.2, 0) is 9.59 Å². The minimum Gasteiger partial charge on any atom is -0.479 e. The highest BCUT2D eigenvalue weighted by Gasteiger charge is 2.24. The molecule has 0 saturated carbocycles. The van der Waals surface area contributed by atoms with Gasteiger partial charge in [0, 0.05) is 11.3 Å². The van der Waals surface area contributed by atoms with Crippen LogP contribution in [0.5, 0.6) is 0 Å². The Morgan fingerprint density at radius 1 is 1.64 bits per heavy atom. The predicted octanol–water partition coefficient (Wildman–Crippen LogP) is -0.102. The second-order valence-corrected chi connectivity index (χ2v) is 2.90. The molecule has 0 spiro atoms. The van der Waals surface area contributed by atoms with Gasteiger partial charge in [-0.25, -0.2) is 4.79 Å². The average molecular weight is 197 g/mol. The number of amides is 1. The summed E-state index contributed by atoms with van der Waals surface area (Å²) in [6.45, 7) is 3.39. The van der Waals surface area contributed by atoms with E-state index in [0.717, 1.165) is 0 Å². The molecule has 0 aliphatic rings. The quantitative estimate of drug-likeness (QED) is 0.587. The normalized spacial score (nSPS) is 12.1. The van der Waals surface area contributed by atoms with Crippen molar-refractivity contribution in [2.24, 2.45) is 0 Å². The molecule has 1 heterocycles. The minimum absolute atomic E-state index is 0.366. The maximum Gasteiger partial charge on any atom is 0.331 e. The van der Waals surface area contributed by atoms with Crippen molar-refractivity contribution >= 4 is 12.4 Å². The lowest BCUT2D eigenvalue weighted by Gasteiger charge is -2.10. The van der Waals surface area contributed by atoms with Crippen LogP contribution >= 0.6 is 0 Å². The van der Waals surface area contributed by atoms with Gasteiger partial charge in [0.25, 0.3) is 0 Å². The van der Waals surface area contributed by atoms with Crippen LogP contribution in [0.1, 0.15) is 23.0 Å². The van der Waals surface area contributed by atoms with Gasteiger partial charge in [-0.05, 0) is 13.8 Å². The first-order chi connectivity index (χ1) is 6.57. The number of aliphatic carboxylic acids is 1. The topological polar surface area (TPSA) is 95.1 Å². The lowest BCUT2D eigenvalue weighted by atomic mass is 10.1. The molecule has 0 bridgehead atoms. The summed E-state index contributed by atoms with van der Waals surface area (Å²) in [6.07, 6.45) is 0.366. The molecule has 1 aromatic heterocycles. The van der Waals surface area contributed by atoms with E-state index >= 15 is 0 Å². The molecular weight excluding hydrogens is 186 g/mol. The number of carboxylic acids is 1. The number of nitrogens with one attached hydrogen (secondary N) is 2. The lowest BCUT2D eigenvalue weighted by Crippen LogP contribution is -2.28. The van der Waals surface area contributed by atoms with E-state index in [4.69, 9.17) is 5.11 Å². The summed E-state index contributed by atoms with van der Waals surface area (Å²) in [5, 5.41) is 17.6. The molecule has 1 unspecified atom stereocenters. The molecule has 1 rings (SSSR count). The summed E-state index contributed by atoms with van der Waals surface area (Å²) >= 11 is 0. The van der Waals surface area contributed by atoms with E-state index < -0.39 is 12.0 Å². The summed E-state index contributed by atoms with van der Waals surface area (Å²) in [4.78, 5) is 21.1. The van der Waals surface area contributed by atoms with Crippen LogP contribution in [0, 0.1) is 13.8 Å². The molecule has 0 aliphatic carbocycles. The van der Waals surface area contributed by atoms with E-state index in [9.17, 15) is 9.59 Å². The smallest absolute Gasteiger partial charge is 0.331 e. The first-order valence-corrected chi connectivity index (χ1v) is 4.02. The van der Waals surface area contributed by atoms with E-state index in [2.05, 4.69) is 15.5 Å². The lowest BCUT2D eigenvalue weighted by molar-refractivity contribution is -0.140. The fourth-order valence-electron chi connectivity index (χ4n) is 1.33. The maximum atomic E-state index is 10.8. The number of carbonyl (C=O) groups is 2. The predicted molar refractivity (Wildman–Crippen MR) is 47.6 cm³/mol. The van der Waals surface area contributed by atoms with Gasteiger partial charge in [0.05, 0.1) is 5.69 Å². The second kappa shape index (κ2) is 3.91.